The Morgan fingerprint density at radius 3 is 2.61 bits per heavy atom. The van der Waals surface area contributed by atoms with Gasteiger partial charge in [-0.2, -0.15) is 0 Å². The minimum absolute atomic E-state index is 0.135. The lowest BCUT2D eigenvalue weighted by molar-refractivity contribution is -0.142. The number of aliphatic carboxylic acids is 1. The van der Waals surface area contributed by atoms with Gasteiger partial charge in [-0.25, -0.2) is 0 Å². The number of carbonyl (C=O) groups excluding carboxylic acids is 1. The van der Waals surface area contributed by atoms with Gasteiger partial charge >= 0.3 is 5.97 Å². The smallest absolute Gasteiger partial charge is 0.303 e. The molecule has 0 radical (unpaired) electrons. The van der Waals surface area contributed by atoms with Crippen LogP contribution in [0.2, 0.25) is 0 Å². The molecule has 1 aliphatic carbocycles. The van der Waals surface area contributed by atoms with Gasteiger partial charge in [-0.1, -0.05) is 6.92 Å². The molecule has 4 heteroatoms. The predicted molar refractivity (Wildman–Crippen MR) is 68.1 cm³/mol. The van der Waals surface area contributed by atoms with Crippen molar-refractivity contribution in [2.75, 3.05) is 6.54 Å². The molecule has 2 unspecified atom stereocenters. The van der Waals surface area contributed by atoms with Crippen LogP contribution in [0.4, 0.5) is 0 Å². The number of nitrogens with zero attached hydrogens (tertiary/aromatic N) is 1. The van der Waals surface area contributed by atoms with Crippen LogP contribution in [0, 0.1) is 11.8 Å². The highest BCUT2D eigenvalue weighted by Gasteiger charge is 2.37. The maximum Gasteiger partial charge on any atom is 0.303 e. The van der Waals surface area contributed by atoms with Crippen molar-refractivity contribution < 1.29 is 14.7 Å². The topological polar surface area (TPSA) is 57.6 Å². The highest BCUT2D eigenvalue weighted by molar-refractivity contribution is 5.79. The van der Waals surface area contributed by atoms with Crippen molar-refractivity contribution in [3.63, 3.8) is 0 Å². The lowest BCUT2D eigenvalue weighted by Gasteiger charge is -2.37. The van der Waals surface area contributed by atoms with Crippen LogP contribution in [0.3, 0.4) is 0 Å². The zero-order valence-electron chi connectivity index (χ0n) is 11.1. The molecule has 0 aromatic carbocycles. The van der Waals surface area contributed by atoms with Gasteiger partial charge in [-0.15, -0.1) is 0 Å². The molecule has 1 saturated carbocycles. The zero-order valence-corrected chi connectivity index (χ0v) is 11.1. The summed E-state index contributed by atoms with van der Waals surface area (Å²) < 4.78 is 0. The highest BCUT2D eigenvalue weighted by Crippen LogP contribution is 2.38. The molecule has 0 bridgehead atoms. The van der Waals surface area contributed by atoms with Crippen LogP contribution in [-0.4, -0.2) is 34.5 Å². The minimum atomic E-state index is -0.761. The first-order chi connectivity index (χ1) is 8.59. The minimum Gasteiger partial charge on any atom is -0.481 e. The van der Waals surface area contributed by atoms with Gasteiger partial charge < -0.3 is 10.0 Å². The van der Waals surface area contributed by atoms with E-state index in [0.29, 0.717) is 12.3 Å². The Hall–Kier alpha value is -1.06. The van der Waals surface area contributed by atoms with E-state index in [9.17, 15) is 9.59 Å². The Morgan fingerprint density at radius 1 is 1.28 bits per heavy atom. The number of hydrogen-bond acceptors (Lipinski definition) is 2. The van der Waals surface area contributed by atoms with E-state index in [1.807, 2.05) is 11.8 Å². The number of carboxylic acids is 1. The maximum absolute atomic E-state index is 12.4. The Labute approximate surface area is 108 Å². The number of rotatable bonds is 5. The molecular weight excluding hydrogens is 230 g/mol. The van der Waals surface area contributed by atoms with Crippen molar-refractivity contribution in [2.24, 2.45) is 11.8 Å². The van der Waals surface area contributed by atoms with Crippen LogP contribution in [0.1, 0.15) is 51.9 Å². The van der Waals surface area contributed by atoms with Crippen LogP contribution < -0.4 is 0 Å². The van der Waals surface area contributed by atoms with Crippen LogP contribution in [0.25, 0.3) is 0 Å². The van der Waals surface area contributed by atoms with Gasteiger partial charge in [-0.05, 0) is 44.4 Å². The van der Waals surface area contributed by atoms with E-state index in [1.165, 1.54) is 12.8 Å². The highest BCUT2D eigenvalue weighted by atomic mass is 16.4. The molecule has 1 saturated heterocycles. The third-order valence-electron chi connectivity index (χ3n) is 4.32. The average molecular weight is 253 g/mol. The van der Waals surface area contributed by atoms with Crippen LogP contribution in [-0.2, 0) is 9.59 Å². The fourth-order valence-corrected chi connectivity index (χ4v) is 2.94. The summed E-state index contributed by atoms with van der Waals surface area (Å²) in [5.41, 5.74) is 0. The van der Waals surface area contributed by atoms with Crippen molar-refractivity contribution in [3.8, 4) is 0 Å². The summed E-state index contributed by atoms with van der Waals surface area (Å²) >= 11 is 0. The van der Waals surface area contributed by atoms with Gasteiger partial charge in [0.2, 0.25) is 5.91 Å². The normalized spacial score (nSPS) is 25.8. The molecule has 2 atom stereocenters. The molecule has 1 N–H and O–H groups in total. The summed E-state index contributed by atoms with van der Waals surface area (Å²) in [6.45, 7) is 2.85. The molecule has 2 rings (SSSR count). The molecule has 2 aliphatic rings. The lowest BCUT2D eigenvalue weighted by atomic mass is 9.95. The molecule has 1 aliphatic heterocycles. The fourth-order valence-electron chi connectivity index (χ4n) is 2.94. The number of carbonyl (C=O) groups is 2. The molecule has 0 aromatic rings. The zero-order chi connectivity index (χ0) is 13.1. The summed E-state index contributed by atoms with van der Waals surface area (Å²) in [5, 5.41) is 8.77. The summed E-state index contributed by atoms with van der Waals surface area (Å²) in [4.78, 5) is 25.0. The van der Waals surface area contributed by atoms with Crippen molar-refractivity contribution in [2.45, 2.75) is 57.9 Å². The molecular formula is C14H23NO3. The fraction of sp³-hybridized carbons (Fsp3) is 0.857. The molecule has 0 aromatic heterocycles. The van der Waals surface area contributed by atoms with Crippen LogP contribution in [0.5, 0.6) is 0 Å². The molecule has 1 amide bonds. The van der Waals surface area contributed by atoms with E-state index >= 15 is 0 Å². The van der Waals surface area contributed by atoms with Crippen molar-refractivity contribution in [1.29, 1.82) is 0 Å². The van der Waals surface area contributed by atoms with Gasteiger partial charge in [0.1, 0.15) is 0 Å². The van der Waals surface area contributed by atoms with E-state index in [0.717, 1.165) is 25.8 Å². The Morgan fingerprint density at radius 2 is 2.00 bits per heavy atom. The van der Waals surface area contributed by atoms with Crippen molar-refractivity contribution in [1.82, 2.24) is 4.90 Å². The number of carboxylic acid groups (broad SMARTS) is 1. The van der Waals surface area contributed by atoms with Gasteiger partial charge in [0.25, 0.3) is 0 Å². The summed E-state index contributed by atoms with van der Waals surface area (Å²) in [6, 6.07) is 0.156. The van der Waals surface area contributed by atoms with Gasteiger partial charge in [0, 0.05) is 24.9 Å². The second kappa shape index (κ2) is 5.72. The average Bonchev–Trinajstić information content (AvgIpc) is 3.19. The van der Waals surface area contributed by atoms with Crippen molar-refractivity contribution in [3.05, 3.63) is 0 Å². The maximum atomic E-state index is 12.4. The number of amides is 1. The molecule has 102 valence electrons. The summed E-state index contributed by atoms with van der Waals surface area (Å²) in [5.74, 6) is 0.214. The standard InChI is InChI=1S/C14H23NO3/c1-10(11-5-6-11)14(18)15-9-3-2-4-12(15)7-8-13(16)17/h10-12H,2-9H2,1H3,(H,16,17). The third kappa shape index (κ3) is 3.24. The Balaban J connectivity index is 1.93. The van der Waals surface area contributed by atoms with Crippen molar-refractivity contribution >= 4 is 11.9 Å². The third-order valence-corrected chi connectivity index (χ3v) is 4.32. The summed E-state index contributed by atoms with van der Waals surface area (Å²) in [7, 11) is 0. The second-order valence-electron chi connectivity index (χ2n) is 5.74. The molecule has 2 fully saturated rings. The van der Waals surface area contributed by atoms with Crippen LogP contribution >= 0.6 is 0 Å². The summed E-state index contributed by atoms with van der Waals surface area (Å²) in [6.07, 6.45) is 6.29. The molecule has 0 spiro atoms. The molecule has 4 nitrogen and oxygen atoms in total. The largest absolute Gasteiger partial charge is 0.481 e. The van der Waals surface area contributed by atoms with Gasteiger partial charge in [0.05, 0.1) is 0 Å². The quantitative estimate of drug-likeness (QED) is 0.817. The van der Waals surface area contributed by atoms with Gasteiger partial charge in [-0.3, -0.25) is 9.59 Å². The number of piperidine rings is 1. The van der Waals surface area contributed by atoms with Gasteiger partial charge in [0.15, 0.2) is 0 Å². The first kappa shape index (κ1) is 13.4. The Kier molecular flexibility index (Phi) is 4.25. The number of likely N-dealkylation sites (tertiary alicyclic amines) is 1. The first-order valence-electron chi connectivity index (χ1n) is 7.12. The second-order valence-corrected chi connectivity index (χ2v) is 5.74. The molecule has 1 heterocycles. The monoisotopic (exact) mass is 253 g/mol. The van der Waals surface area contributed by atoms with E-state index < -0.39 is 5.97 Å². The van der Waals surface area contributed by atoms with Crippen LogP contribution in [0.15, 0.2) is 0 Å². The lowest BCUT2D eigenvalue weighted by Crippen LogP contribution is -2.46. The van der Waals surface area contributed by atoms with E-state index in [4.69, 9.17) is 5.11 Å². The first-order valence-corrected chi connectivity index (χ1v) is 7.12. The SMILES string of the molecule is CC(C(=O)N1CCCCC1CCC(=O)O)C1CC1. The van der Waals surface area contributed by atoms with E-state index in [-0.39, 0.29) is 24.3 Å². The van der Waals surface area contributed by atoms with E-state index in [2.05, 4.69) is 0 Å². The predicted octanol–water partition coefficient (Wildman–Crippen LogP) is 2.28. The Bertz CT molecular complexity index is 325. The number of hydrogen-bond donors (Lipinski definition) is 1. The van der Waals surface area contributed by atoms with E-state index in [1.54, 1.807) is 0 Å². The molecule has 18 heavy (non-hydrogen) atoms.